The van der Waals surface area contributed by atoms with Gasteiger partial charge in [-0.15, -0.1) is 0 Å². The number of carbonyl (C=O) groups excluding carboxylic acids is 2. The number of amides is 2. The number of aromatic nitrogens is 3. The van der Waals surface area contributed by atoms with E-state index < -0.39 is 0 Å². The number of halogens is 2. The molecule has 0 aliphatic carbocycles. The van der Waals surface area contributed by atoms with Gasteiger partial charge in [-0.3, -0.25) is 9.59 Å². The van der Waals surface area contributed by atoms with Gasteiger partial charge in [0.1, 0.15) is 11.0 Å². The van der Waals surface area contributed by atoms with Crippen molar-refractivity contribution in [2.75, 3.05) is 26.2 Å². The number of H-pyrrole nitrogens is 1. The van der Waals surface area contributed by atoms with Crippen LogP contribution >= 0.6 is 23.2 Å². The molecule has 2 atom stereocenters. The van der Waals surface area contributed by atoms with Gasteiger partial charge in [-0.25, -0.2) is 0 Å². The summed E-state index contributed by atoms with van der Waals surface area (Å²) in [6.07, 6.45) is 5.08. The SMILES string of the molecule is O=C(/C=C/c1ccc(Cl)cc1Cl)N1CCC2CN(C(=O)c3ccc4n[nH]nc4c3)CC2CC1. The monoisotopic (exact) mass is 483 g/mol. The Bertz CT molecular complexity index is 1220. The maximum atomic E-state index is 13.1. The lowest BCUT2D eigenvalue weighted by atomic mass is 9.92. The second kappa shape index (κ2) is 9.15. The summed E-state index contributed by atoms with van der Waals surface area (Å²) in [6.45, 7) is 2.81. The summed E-state index contributed by atoms with van der Waals surface area (Å²) in [5.74, 6) is 0.813. The summed E-state index contributed by atoms with van der Waals surface area (Å²) in [5, 5.41) is 11.8. The Morgan fingerprint density at radius 2 is 1.67 bits per heavy atom. The third-order valence-electron chi connectivity index (χ3n) is 6.65. The second-order valence-electron chi connectivity index (χ2n) is 8.66. The third-order valence-corrected chi connectivity index (χ3v) is 7.21. The number of fused-ring (bicyclic) bond motifs is 2. The predicted octanol–water partition coefficient (Wildman–Crippen LogP) is 4.29. The molecular weight excluding hydrogens is 461 g/mol. The van der Waals surface area contributed by atoms with E-state index in [1.54, 1.807) is 42.5 Å². The molecule has 0 spiro atoms. The highest BCUT2D eigenvalue weighted by molar-refractivity contribution is 6.35. The Labute approximate surface area is 201 Å². The van der Waals surface area contributed by atoms with Gasteiger partial charge < -0.3 is 9.80 Å². The van der Waals surface area contributed by atoms with E-state index in [1.807, 2.05) is 15.9 Å². The fourth-order valence-corrected chi connectivity index (χ4v) is 5.26. The van der Waals surface area contributed by atoms with Crippen LogP contribution in [0.15, 0.2) is 42.5 Å². The zero-order valence-electron chi connectivity index (χ0n) is 17.9. The lowest BCUT2D eigenvalue weighted by Crippen LogP contribution is -2.33. The molecule has 5 rings (SSSR count). The number of carbonyl (C=O) groups is 2. The molecule has 2 amide bonds. The van der Waals surface area contributed by atoms with E-state index in [9.17, 15) is 9.59 Å². The van der Waals surface area contributed by atoms with Gasteiger partial charge in [0.25, 0.3) is 5.91 Å². The molecule has 3 aromatic rings. The van der Waals surface area contributed by atoms with Crippen molar-refractivity contribution in [2.24, 2.45) is 11.8 Å². The average molecular weight is 484 g/mol. The molecule has 0 saturated carbocycles. The van der Waals surface area contributed by atoms with Gasteiger partial charge in [0, 0.05) is 47.9 Å². The Kier molecular flexibility index (Phi) is 6.08. The van der Waals surface area contributed by atoms with Gasteiger partial charge in [0.15, 0.2) is 0 Å². The minimum atomic E-state index is -0.0187. The van der Waals surface area contributed by atoms with Crippen LogP contribution < -0.4 is 0 Å². The smallest absolute Gasteiger partial charge is 0.253 e. The highest BCUT2D eigenvalue weighted by atomic mass is 35.5. The molecule has 170 valence electrons. The summed E-state index contributed by atoms with van der Waals surface area (Å²) in [7, 11) is 0. The Balaban J connectivity index is 1.19. The molecule has 1 aromatic heterocycles. The van der Waals surface area contributed by atoms with Crippen LogP contribution in [0.5, 0.6) is 0 Å². The van der Waals surface area contributed by atoms with Crippen LogP contribution in [0.3, 0.4) is 0 Å². The first kappa shape index (κ1) is 21.9. The first-order valence-corrected chi connectivity index (χ1v) is 11.8. The maximum absolute atomic E-state index is 13.1. The first-order chi connectivity index (χ1) is 16.0. The van der Waals surface area contributed by atoms with Crippen molar-refractivity contribution < 1.29 is 9.59 Å². The van der Waals surface area contributed by atoms with Crippen LogP contribution in [0.1, 0.15) is 28.8 Å². The summed E-state index contributed by atoms with van der Waals surface area (Å²) in [4.78, 5) is 29.6. The number of likely N-dealkylation sites (tertiary alicyclic amines) is 2. The molecule has 2 aliphatic rings. The fourth-order valence-electron chi connectivity index (χ4n) is 4.79. The van der Waals surface area contributed by atoms with E-state index in [1.165, 1.54) is 0 Å². The van der Waals surface area contributed by atoms with Gasteiger partial charge in [-0.2, -0.15) is 15.4 Å². The number of nitrogens with one attached hydrogen (secondary N) is 1. The van der Waals surface area contributed by atoms with Gasteiger partial charge in [-0.05, 0) is 66.6 Å². The molecule has 7 nitrogen and oxygen atoms in total. The number of nitrogens with zero attached hydrogens (tertiary/aromatic N) is 4. The molecule has 2 saturated heterocycles. The van der Waals surface area contributed by atoms with Crippen LogP contribution in [-0.2, 0) is 4.79 Å². The molecule has 2 aliphatic heterocycles. The van der Waals surface area contributed by atoms with Gasteiger partial charge in [-0.1, -0.05) is 29.3 Å². The van der Waals surface area contributed by atoms with Gasteiger partial charge in [0.05, 0.1) is 0 Å². The van der Waals surface area contributed by atoms with Crippen molar-refractivity contribution in [1.82, 2.24) is 25.2 Å². The van der Waals surface area contributed by atoms with Crippen molar-refractivity contribution in [3.63, 3.8) is 0 Å². The van der Waals surface area contributed by atoms with Crippen LogP contribution in [0.4, 0.5) is 0 Å². The molecule has 33 heavy (non-hydrogen) atoms. The van der Waals surface area contributed by atoms with Crippen LogP contribution in [-0.4, -0.2) is 63.2 Å². The van der Waals surface area contributed by atoms with E-state index in [4.69, 9.17) is 23.2 Å². The molecule has 2 aromatic carbocycles. The predicted molar refractivity (Wildman–Crippen MR) is 128 cm³/mol. The van der Waals surface area contributed by atoms with Crippen LogP contribution in [0.25, 0.3) is 17.1 Å². The van der Waals surface area contributed by atoms with E-state index >= 15 is 0 Å². The quantitative estimate of drug-likeness (QED) is 0.563. The molecule has 3 heterocycles. The van der Waals surface area contributed by atoms with Crippen molar-refractivity contribution in [1.29, 1.82) is 0 Å². The number of rotatable bonds is 3. The second-order valence-corrected chi connectivity index (χ2v) is 9.50. The number of benzene rings is 2. The summed E-state index contributed by atoms with van der Waals surface area (Å²) >= 11 is 12.1. The van der Waals surface area contributed by atoms with Crippen LogP contribution in [0.2, 0.25) is 10.0 Å². The Hall–Kier alpha value is -2.90. The summed E-state index contributed by atoms with van der Waals surface area (Å²) < 4.78 is 0. The minimum Gasteiger partial charge on any atom is -0.339 e. The van der Waals surface area contributed by atoms with E-state index in [0.29, 0.717) is 46.1 Å². The highest BCUT2D eigenvalue weighted by Gasteiger charge is 2.37. The van der Waals surface area contributed by atoms with Crippen molar-refractivity contribution in [3.8, 4) is 0 Å². The summed E-state index contributed by atoms with van der Waals surface area (Å²) in [6, 6.07) is 10.6. The molecule has 1 N–H and O–H groups in total. The Morgan fingerprint density at radius 3 is 2.39 bits per heavy atom. The molecule has 0 radical (unpaired) electrons. The average Bonchev–Trinajstić information content (AvgIpc) is 3.39. The number of hydrogen-bond acceptors (Lipinski definition) is 4. The standard InChI is InChI=1S/C24H23Cl2N5O2/c25-19-4-1-15(20(26)12-19)3-6-23(32)30-9-7-17-13-31(14-18(17)8-10-30)24(33)16-2-5-21-22(11-16)28-29-27-21/h1-6,11-12,17-18H,7-10,13-14H2,(H,27,28,29)/b6-3+. The van der Waals surface area contributed by atoms with E-state index in [-0.39, 0.29) is 11.8 Å². The first-order valence-electron chi connectivity index (χ1n) is 11.0. The molecule has 0 bridgehead atoms. The third kappa shape index (κ3) is 4.61. The maximum Gasteiger partial charge on any atom is 0.253 e. The minimum absolute atomic E-state index is 0.0187. The Morgan fingerprint density at radius 1 is 0.939 bits per heavy atom. The lowest BCUT2D eigenvalue weighted by molar-refractivity contribution is -0.126. The number of hydrogen-bond donors (Lipinski definition) is 1. The zero-order valence-corrected chi connectivity index (χ0v) is 19.4. The fraction of sp³-hybridized carbons (Fsp3) is 0.333. The highest BCUT2D eigenvalue weighted by Crippen LogP contribution is 2.33. The largest absolute Gasteiger partial charge is 0.339 e. The van der Waals surface area contributed by atoms with Crippen molar-refractivity contribution in [2.45, 2.75) is 12.8 Å². The summed E-state index contributed by atoms with van der Waals surface area (Å²) in [5.41, 5.74) is 2.83. The zero-order chi connectivity index (χ0) is 22.9. The normalized spacial score (nSPS) is 20.9. The molecule has 2 unspecified atom stereocenters. The van der Waals surface area contributed by atoms with E-state index in [0.717, 1.165) is 37.0 Å². The van der Waals surface area contributed by atoms with Crippen molar-refractivity contribution in [3.05, 3.63) is 63.6 Å². The van der Waals surface area contributed by atoms with E-state index in [2.05, 4.69) is 15.4 Å². The van der Waals surface area contributed by atoms with Crippen molar-refractivity contribution >= 4 is 52.1 Å². The molecule has 9 heteroatoms. The topological polar surface area (TPSA) is 82.2 Å². The molecular formula is C24H23Cl2N5O2. The molecule has 2 fully saturated rings. The lowest BCUT2D eigenvalue weighted by Gasteiger charge is -2.21. The van der Waals surface area contributed by atoms with Gasteiger partial charge >= 0.3 is 0 Å². The number of aromatic amines is 1. The van der Waals surface area contributed by atoms with Gasteiger partial charge in [0.2, 0.25) is 5.91 Å². The van der Waals surface area contributed by atoms with Crippen LogP contribution in [0, 0.1) is 11.8 Å².